The first-order chi connectivity index (χ1) is 46.3. The van der Waals surface area contributed by atoms with Gasteiger partial charge in [-0.15, -0.1) is 0 Å². The van der Waals surface area contributed by atoms with E-state index in [0.717, 1.165) is 44.9 Å². The lowest BCUT2D eigenvalue weighted by Crippen LogP contribution is -2.66. The molecule has 19 nitrogen and oxygen atoms in total. The predicted octanol–water partition coefficient (Wildman–Crippen LogP) is 12.4. The Kier molecular flexibility index (Phi) is 53.6. The first-order valence-electron chi connectivity index (χ1n) is 39.4. The van der Waals surface area contributed by atoms with Crippen molar-refractivity contribution in [2.75, 3.05) is 26.4 Å². The van der Waals surface area contributed by atoms with Crippen molar-refractivity contribution in [2.45, 2.75) is 439 Å². The average molecular weight is 1360 g/mol. The van der Waals surface area contributed by atoms with Gasteiger partial charge in [-0.3, -0.25) is 4.79 Å². The first kappa shape index (κ1) is 87.7. The fourth-order valence-corrected chi connectivity index (χ4v) is 13.7. The normalized spacial score (nSPS) is 27.2. The molecule has 0 aromatic rings. The molecule has 3 fully saturated rings. The highest BCUT2D eigenvalue weighted by Gasteiger charge is 2.53. The second kappa shape index (κ2) is 58.1. The molecule has 3 heterocycles. The van der Waals surface area contributed by atoms with E-state index in [2.05, 4.69) is 19.2 Å². The molecule has 17 atom stereocenters. The van der Waals surface area contributed by atoms with E-state index >= 15 is 0 Å². The number of ether oxygens (including phenoxy) is 6. The lowest BCUT2D eigenvalue weighted by molar-refractivity contribution is -0.379. The number of hydrogen-bond donors (Lipinski definition) is 12. The van der Waals surface area contributed by atoms with Crippen LogP contribution in [0.4, 0.5) is 0 Å². The third-order valence-electron chi connectivity index (χ3n) is 20.1. The van der Waals surface area contributed by atoms with Gasteiger partial charge in [0, 0.05) is 6.42 Å². The highest BCUT2D eigenvalue weighted by Crippen LogP contribution is 2.33. The Balaban J connectivity index is 1.39. The number of rotatable bonds is 63. The summed E-state index contributed by atoms with van der Waals surface area (Å²) in [5, 5.41) is 121. The van der Waals surface area contributed by atoms with Gasteiger partial charge in [-0.05, 0) is 19.3 Å². The number of unbranched alkanes of at least 4 members (excludes halogenated alkanes) is 47. The largest absolute Gasteiger partial charge is 0.394 e. The van der Waals surface area contributed by atoms with Crippen LogP contribution in [-0.2, 0) is 33.2 Å². The maximum atomic E-state index is 13.5. The molecule has 0 aromatic heterocycles. The van der Waals surface area contributed by atoms with Gasteiger partial charge in [0.05, 0.1) is 38.6 Å². The second-order valence-corrected chi connectivity index (χ2v) is 28.5. The van der Waals surface area contributed by atoms with E-state index in [1.54, 1.807) is 6.08 Å². The van der Waals surface area contributed by atoms with Crippen LogP contribution in [0, 0.1) is 0 Å². The lowest BCUT2D eigenvalue weighted by atomic mass is 9.96. The Hall–Kier alpha value is -1.47. The molecule has 3 saturated heterocycles. The Morgan fingerprint density at radius 2 is 0.653 bits per heavy atom. The minimum Gasteiger partial charge on any atom is -0.394 e. The number of nitrogens with one attached hydrogen (secondary N) is 1. The number of amides is 1. The summed E-state index contributed by atoms with van der Waals surface area (Å²) in [7, 11) is 0. The van der Waals surface area contributed by atoms with Crippen molar-refractivity contribution in [3.05, 3.63) is 12.2 Å². The SMILES string of the molecule is CCCCCCCCCCCCCCCCCCCCCCCCCCCC/C=C/C(O)C(COC1OC(CO)C(OC2OC(CO)C(OC3OC(CO)C(O)C(O)C3O)C(O)C2O)C(O)C1O)NC(=O)CCCCCCCCCCCCCCCCCCCCCCCC. The minimum absolute atomic E-state index is 0.250. The molecule has 12 N–H and O–H groups in total. The van der Waals surface area contributed by atoms with Crippen LogP contribution in [0.25, 0.3) is 0 Å². The van der Waals surface area contributed by atoms with Crippen molar-refractivity contribution in [1.29, 1.82) is 0 Å². The third kappa shape index (κ3) is 39.0. The second-order valence-electron chi connectivity index (χ2n) is 28.5. The Labute approximate surface area is 576 Å². The van der Waals surface area contributed by atoms with E-state index < -0.39 is 124 Å². The molecule has 0 spiro atoms. The van der Waals surface area contributed by atoms with Gasteiger partial charge in [-0.2, -0.15) is 0 Å². The summed E-state index contributed by atoms with van der Waals surface area (Å²) >= 11 is 0. The van der Waals surface area contributed by atoms with Gasteiger partial charge in [0.1, 0.15) is 73.2 Å². The van der Waals surface area contributed by atoms with Crippen molar-refractivity contribution in [3.63, 3.8) is 0 Å². The summed E-state index contributed by atoms with van der Waals surface area (Å²) < 4.78 is 34.5. The van der Waals surface area contributed by atoms with Crippen LogP contribution in [0.15, 0.2) is 12.2 Å². The molecule has 3 rings (SSSR count). The number of aliphatic hydroxyl groups is 11. The number of hydrogen-bond acceptors (Lipinski definition) is 18. The molecule has 0 saturated carbocycles. The van der Waals surface area contributed by atoms with Crippen molar-refractivity contribution in [1.82, 2.24) is 5.32 Å². The van der Waals surface area contributed by atoms with Crippen LogP contribution in [0.1, 0.15) is 335 Å². The number of carbonyl (C=O) groups is 1. The standard InChI is InChI=1S/C76H145NO18/c1-3-5-7-9-11-13-15-17-19-21-23-25-27-28-29-30-31-32-33-35-37-39-41-43-45-47-49-51-53-60(81)59(77-64(82)54-52-50-48-46-44-42-40-38-36-34-26-24-22-20-18-16-14-12-10-8-6-4-2)58-90-74-70(88)67(85)72(62(56-79)92-74)95-76-71(89)68(86)73(63(57-80)93-76)94-75-69(87)66(84)65(83)61(55-78)91-75/h51,53,59-63,65-76,78-81,83-89H,3-50,52,54-58H2,1-2H3,(H,77,82)/b53-51+. The topological polar surface area (TPSA) is 307 Å². The Morgan fingerprint density at radius 3 is 0.989 bits per heavy atom. The fourth-order valence-electron chi connectivity index (χ4n) is 13.7. The molecule has 0 bridgehead atoms. The molecule has 0 aliphatic carbocycles. The van der Waals surface area contributed by atoms with Crippen molar-refractivity contribution in [3.8, 4) is 0 Å². The van der Waals surface area contributed by atoms with Gasteiger partial charge in [0.15, 0.2) is 18.9 Å². The van der Waals surface area contributed by atoms with Crippen LogP contribution in [0.2, 0.25) is 0 Å². The van der Waals surface area contributed by atoms with Gasteiger partial charge in [-0.1, -0.05) is 321 Å². The summed E-state index contributed by atoms with van der Waals surface area (Å²) in [4.78, 5) is 13.5. The van der Waals surface area contributed by atoms with Crippen LogP contribution < -0.4 is 5.32 Å². The molecule has 3 aliphatic heterocycles. The Morgan fingerprint density at radius 1 is 0.368 bits per heavy atom. The quantitative estimate of drug-likeness (QED) is 0.0199. The maximum absolute atomic E-state index is 13.5. The van der Waals surface area contributed by atoms with Gasteiger partial charge >= 0.3 is 0 Å². The van der Waals surface area contributed by atoms with E-state index in [9.17, 15) is 61.0 Å². The fraction of sp³-hybridized carbons (Fsp3) is 0.961. The van der Waals surface area contributed by atoms with E-state index in [-0.39, 0.29) is 18.9 Å². The molecular formula is C76H145NO18. The summed E-state index contributed by atoms with van der Waals surface area (Å²) in [6.07, 6.45) is 40.5. The van der Waals surface area contributed by atoms with E-state index in [4.69, 9.17) is 28.4 Å². The van der Waals surface area contributed by atoms with Gasteiger partial charge in [-0.25, -0.2) is 0 Å². The van der Waals surface area contributed by atoms with Crippen molar-refractivity contribution < 1.29 is 89.4 Å². The van der Waals surface area contributed by atoms with Crippen LogP contribution in [-0.4, -0.2) is 193 Å². The molecule has 562 valence electrons. The summed E-state index contributed by atoms with van der Waals surface area (Å²) in [6, 6.07) is -0.970. The monoisotopic (exact) mass is 1360 g/mol. The lowest BCUT2D eigenvalue weighted by Gasteiger charge is -2.48. The molecule has 0 aromatic carbocycles. The zero-order valence-electron chi connectivity index (χ0n) is 59.9. The molecule has 3 aliphatic rings. The first-order valence-corrected chi connectivity index (χ1v) is 39.4. The van der Waals surface area contributed by atoms with Gasteiger partial charge in [0.2, 0.25) is 5.91 Å². The molecule has 95 heavy (non-hydrogen) atoms. The van der Waals surface area contributed by atoms with E-state index in [1.165, 1.54) is 263 Å². The zero-order chi connectivity index (χ0) is 68.9. The van der Waals surface area contributed by atoms with Gasteiger partial charge in [0.25, 0.3) is 0 Å². The zero-order valence-corrected chi connectivity index (χ0v) is 59.9. The predicted molar refractivity (Wildman–Crippen MR) is 374 cm³/mol. The molecule has 1 amide bonds. The highest BCUT2D eigenvalue weighted by atomic mass is 16.8. The van der Waals surface area contributed by atoms with E-state index in [0.29, 0.717) is 6.42 Å². The summed E-state index contributed by atoms with van der Waals surface area (Å²) in [6.45, 7) is 1.80. The summed E-state index contributed by atoms with van der Waals surface area (Å²) in [5.41, 5.74) is 0. The molecule has 0 radical (unpaired) electrons. The molecule has 17 unspecified atom stereocenters. The number of allylic oxidation sites excluding steroid dienone is 1. The Bertz CT molecular complexity index is 1770. The number of carbonyl (C=O) groups excluding carboxylic acids is 1. The van der Waals surface area contributed by atoms with Crippen molar-refractivity contribution >= 4 is 5.91 Å². The van der Waals surface area contributed by atoms with Crippen LogP contribution in [0.5, 0.6) is 0 Å². The highest BCUT2D eigenvalue weighted by molar-refractivity contribution is 5.76. The minimum atomic E-state index is -1.98. The average Bonchev–Trinajstić information content (AvgIpc) is 0.787. The van der Waals surface area contributed by atoms with E-state index in [1.807, 2.05) is 6.08 Å². The summed E-state index contributed by atoms with van der Waals surface area (Å²) in [5.74, 6) is -0.267. The maximum Gasteiger partial charge on any atom is 0.220 e. The van der Waals surface area contributed by atoms with Crippen LogP contribution >= 0.6 is 0 Å². The molecule has 19 heteroatoms. The van der Waals surface area contributed by atoms with Gasteiger partial charge < -0.3 is 89.9 Å². The third-order valence-corrected chi connectivity index (χ3v) is 20.1. The van der Waals surface area contributed by atoms with Crippen molar-refractivity contribution in [2.24, 2.45) is 0 Å². The number of aliphatic hydroxyl groups excluding tert-OH is 11. The smallest absolute Gasteiger partial charge is 0.220 e. The molecular weight excluding hydrogens is 1210 g/mol. The van der Waals surface area contributed by atoms with Crippen LogP contribution in [0.3, 0.4) is 0 Å².